The summed E-state index contributed by atoms with van der Waals surface area (Å²) < 4.78 is 16.0. The quantitative estimate of drug-likeness (QED) is 0.871. The third kappa shape index (κ3) is 3.09. The lowest BCUT2D eigenvalue weighted by Crippen LogP contribution is -2.06. The molecule has 0 aliphatic rings. The van der Waals surface area contributed by atoms with Crippen LogP contribution in [0.3, 0.4) is 0 Å². The maximum atomic E-state index is 5.38. The van der Waals surface area contributed by atoms with Crippen LogP contribution in [-0.4, -0.2) is 31.3 Å². The Labute approximate surface area is 117 Å². The zero-order chi connectivity index (χ0) is 14.4. The second-order valence-corrected chi connectivity index (χ2v) is 3.94. The number of nitrogens with zero attached hydrogens (tertiary/aromatic N) is 2. The van der Waals surface area contributed by atoms with Crippen LogP contribution in [0, 0.1) is 0 Å². The van der Waals surface area contributed by atoms with Crippen LogP contribution in [-0.2, 0) is 6.54 Å². The van der Waals surface area contributed by atoms with Crippen LogP contribution in [0.2, 0.25) is 0 Å². The highest BCUT2D eigenvalue weighted by Gasteiger charge is 2.13. The van der Waals surface area contributed by atoms with Gasteiger partial charge in [-0.1, -0.05) is 0 Å². The molecule has 1 aromatic carbocycles. The third-order valence-corrected chi connectivity index (χ3v) is 2.81. The van der Waals surface area contributed by atoms with Gasteiger partial charge in [0, 0.05) is 24.5 Å². The molecule has 1 N–H and O–H groups in total. The molecule has 1 heterocycles. The lowest BCUT2D eigenvalue weighted by atomic mass is 10.1. The first kappa shape index (κ1) is 13.9. The van der Waals surface area contributed by atoms with Crippen molar-refractivity contribution in [3.8, 4) is 17.2 Å². The second kappa shape index (κ2) is 6.60. The topological polar surface area (TPSA) is 65.5 Å². The fourth-order valence-electron chi connectivity index (χ4n) is 1.81. The Balaban J connectivity index is 2.25. The van der Waals surface area contributed by atoms with E-state index in [1.807, 2.05) is 12.1 Å². The van der Waals surface area contributed by atoms with E-state index in [2.05, 4.69) is 15.3 Å². The molecule has 0 spiro atoms. The zero-order valence-corrected chi connectivity index (χ0v) is 11.7. The van der Waals surface area contributed by atoms with Gasteiger partial charge >= 0.3 is 0 Å². The summed E-state index contributed by atoms with van der Waals surface area (Å²) in [6.07, 6.45) is 3.36. The number of hydrogen-bond donors (Lipinski definition) is 1. The Hall–Kier alpha value is -2.50. The van der Waals surface area contributed by atoms with Crippen LogP contribution >= 0.6 is 0 Å². The van der Waals surface area contributed by atoms with E-state index in [1.54, 1.807) is 39.8 Å². The van der Waals surface area contributed by atoms with Crippen LogP contribution < -0.4 is 19.5 Å². The molecule has 2 aromatic rings. The average Bonchev–Trinajstić information content (AvgIpc) is 2.52. The largest absolute Gasteiger partial charge is 0.496 e. The van der Waals surface area contributed by atoms with Gasteiger partial charge in [0.05, 0.1) is 33.4 Å². The Morgan fingerprint density at radius 1 is 0.950 bits per heavy atom. The van der Waals surface area contributed by atoms with Gasteiger partial charge < -0.3 is 19.5 Å². The number of methoxy groups -OCH3 is 3. The summed E-state index contributed by atoms with van der Waals surface area (Å²) in [5.41, 5.74) is 0.878. The van der Waals surface area contributed by atoms with E-state index < -0.39 is 0 Å². The molecule has 0 aliphatic heterocycles. The number of nitrogens with one attached hydrogen (secondary N) is 1. The number of rotatable bonds is 6. The predicted molar refractivity (Wildman–Crippen MR) is 75.5 cm³/mol. The van der Waals surface area contributed by atoms with Gasteiger partial charge in [0.15, 0.2) is 0 Å². The Morgan fingerprint density at radius 2 is 1.55 bits per heavy atom. The van der Waals surface area contributed by atoms with Gasteiger partial charge in [-0.3, -0.25) is 0 Å². The summed E-state index contributed by atoms with van der Waals surface area (Å²) in [5.74, 6) is 2.60. The van der Waals surface area contributed by atoms with Crippen molar-refractivity contribution in [2.75, 3.05) is 26.6 Å². The van der Waals surface area contributed by atoms with Crippen LogP contribution in [0.25, 0.3) is 0 Å². The molecule has 0 bridgehead atoms. The monoisotopic (exact) mass is 275 g/mol. The molecule has 0 amide bonds. The van der Waals surface area contributed by atoms with Crippen molar-refractivity contribution in [2.45, 2.75) is 6.54 Å². The first-order chi connectivity index (χ1) is 9.78. The van der Waals surface area contributed by atoms with Crippen molar-refractivity contribution in [2.24, 2.45) is 0 Å². The summed E-state index contributed by atoms with van der Waals surface area (Å²) in [6, 6.07) is 5.39. The van der Waals surface area contributed by atoms with Crippen LogP contribution in [0.1, 0.15) is 5.56 Å². The molecule has 0 fully saturated rings. The molecule has 0 saturated heterocycles. The van der Waals surface area contributed by atoms with E-state index in [-0.39, 0.29) is 0 Å². The number of hydrogen-bond acceptors (Lipinski definition) is 6. The van der Waals surface area contributed by atoms with E-state index in [9.17, 15) is 0 Å². The molecule has 106 valence electrons. The molecule has 6 nitrogen and oxygen atoms in total. The number of anilines is 1. The van der Waals surface area contributed by atoms with E-state index in [0.29, 0.717) is 29.7 Å². The first-order valence-electron chi connectivity index (χ1n) is 6.08. The summed E-state index contributed by atoms with van der Waals surface area (Å²) in [7, 11) is 4.82. The van der Waals surface area contributed by atoms with Crippen molar-refractivity contribution in [3.63, 3.8) is 0 Å². The SMILES string of the molecule is COc1cc(OC)c(CNc2ncccn2)c(OC)c1. The van der Waals surface area contributed by atoms with Crippen LogP contribution in [0.5, 0.6) is 17.2 Å². The molecular formula is C14H17N3O3. The van der Waals surface area contributed by atoms with Gasteiger partial charge in [-0.2, -0.15) is 0 Å². The third-order valence-electron chi connectivity index (χ3n) is 2.81. The Morgan fingerprint density at radius 3 is 2.05 bits per heavy atom. The van der Waals surface area contributed by atoms with E-state index in [0.717, 1.165) is 5.56 Å². The van der Waals surface area contributed by atoms with Gasteiger partial charge in [0.2, 0.25) is 5.95 Å². The summed E-state index contributed by atoms with van der Waals surface area (Å²) in [6.45, 7) is 0.486. The minimum atomic E-state index is 0.486. The molecule has 0 saturated carbocycles. The van der Waals surface area contributed by atoms with Gasteiger partial charge in [-0.05, 0) is 6.07 Å². The summed E-state index contributed by atoms with van der Waals surface area (Å²) in [4.78, 5) is 8.22. The predicted octanol–water partition coefficient (Wildman–Crippen LogP) is 2.11. The highest BCUT2D eigenvalue weighted by Crippen LogP contribution is 2.34. The average molecular weight is 275 g/mol. The summed E-state index contributed by atoms with van der Waals surface area (Å²) in [5, 5.41) is 3.12. The zero-order valence-electron chi connectivity index (χ0n) is 11.7. The van der Waals surface area contributed by atoms with Gasteiger partial charge in [0.1, 0.15) is 17.2 Å². The van der Waals surface area contributed by atoms with E-state index in [1.165, 1.54) is 0 Å². The number of aromatic nitrogens is 2. The van der Waals surface area contributed by atoms with Gasteiger partial charge in [0.25, 0.3) is 0 Å². The molecule has 2 rings (SSSR count). The highest BCUT2D eigenvalue weighted by atomic mass is 16.5. The smallest absolute Gasteiger partial charge is 0.222 e. The standard InChI is InChI=1S/C14H17N3O3/c1-18-10-7-12(19-2)11(13(8-10)20-3)9-17-14-15-5-4-6-16-14/h4-8H,9H2,1-3H3,(H,15,16,17). The van der Waals surface area contributed by atoms with Crippen LogP contribution in [0.4, 0.5) is 5.95 Å². The maximum absolute atomic E-state index is 5.38. The minimum Gasteiger partial charge on any atom is -0.496 e. The fraction of sp³-hybridized carbons (Fsp3) is 0.286. The van der Waals surface area contributed by atoms with Gasteiger partial charge in [-0.15, -0.1) is 0 Å². The lowest BCUT2D eigenvalue weighted by Gasteiger charge is -2.15. The minimum absolute atomic E-state index is 0.486. The van der Waals surface area contributed by atoms with E-state index >= 15 is 0 Å². The molecule has 6 heteroatoms. The molecule has 20 heavy (non-hydrogen) atoms. The second-order valence-electron chi connectivity index (χ2n) is 3.94. The maximum Gasteiger partial charge on any atom is 0.222 e. The van der Waals surface area contributed by atoms with E-state index in [4.69, 9.17) is 14.2 Å². The molecule has 0 aliphatic carbocycles. The van der Waals surface area contributed by atoms with Crippen molar-refractivity contribution < 1.29 is 14.2 Å². The fourth-order valence-corrected chi connectivity index (χ4v) is 1.81. The molecule has 1 aromatic heterocycles. The van der Waals surface area contributed by atoms with Crippen molar-refractivity contribution in [3.05, 3.63) is 36.2 Å². The van der Waals surface area contributed by atoms with Crippen molar-refractivity contribution in [1.29, 1.82) is 0 Å². The molecule has 0 atom stereocenters. The van der Waals surface area contributed by atoms with Gasteiger partial charge in [-0.25, -0.2) is 9.97 Å². The first-order valence-corrected chi connectivity index (χ1v) is 6.08. The van der Waals surface area contributed by atoms with Crippen molar-refractivity contribution in [1.82, 2.24) is 9.97 Å². The Kier molecular flexibility index (Phi) is 4.60. The highest BCUT2D eigenvalue weighted by molar-refractivity contribution is 5.51. The number of benzene rings is 1. The lowest BCUT2D eigenvalue weighted by molar-refractivity contribution is 0.369. The van der Waals surface area contributed by atoms with Crippen molar-refractivity contribution >= 4 is 5.95 Å². The van der Waals surface area contributed by atoms with Crippen LogP contribution in [0.15, 0.2) is 30.6 Å². The Bertz CT molecular complexity index is 536. The molecular weight excluding hydrogens is 258 g/mol. The normalized spacial score (nSPS) is 9.95. The number of ether oxygens (including phenoxy) is 3. The molecule has 0 radical (unpaired) electrons. The summed E-state index contributed by atoms with van der Waals surface area (Å²) >= 11 is 0. The molecule has 0 unspecified atom stereocenters.